The number of para-hydroxylation sites is 2. The number of nitrogens with zero attached hydrogens (tertiary/aromatic N) is 2. The van der Waals surface area contributed by atoms with E-state index >= 15 is 0 Å². The van der Waals surface area contributed by atoms with E-state index in [1.807, 2.05) is 36.7 Å². The molecule has 5 nitrogen and oxygen atoms in total. The second kappa shape index (κ2) is 8.36. The predicted octanol–water partition coefficient (Wildman–Crippen LogP) is 5.22. The third-order valence-corrected chi connectivity index (χ3v) is 5.91. The van der Waals surface area contributed by atoms with Gasteiger partial charge in [-0.15, -0.1) is 0 Å². The molecule has 1 aliphatic carbocycles. The number of hydrogen-bond acceptors (Lipinski definition) is 3. The summed E-state index contributed by atoms with van der Waals surface area (Å²) < 4.78 is 2.11. The van der Waals surface area contributed by atoms with Crippen LogP contribution in [0.25, 0.3) is 16.7 Å². The molecule has 1 heterocycles. The first-order valence-electron chi connectivity index (χ1n) is 10.8. The third kappa shape index (κ3) is 4.37. The zero-order valence-electron chi connectivity index (χ0n) is 17.6. The lowest BCUT2D eigenvalue weighted by molar-refractivity contribution is -0.117. The molecule has 1 amide bonds. The minimum absolute atomic E-state index is 0.145. The zero-order chi connectivity index (χ0) is 21.2. The van der Waals surface area contributed by atoms with E-state index in [1.54, 1.807) is 0 Å². The van der Waals surface area contributed by atoms with Crippen molar-refractivity contribution in [3.8, 4) is 5.69 Å². The molecule has 1 aliphatic rings. The van der Waals surface area contributed by atoms with Gasteiger partial charge in [-0.2, -0.15) is 0 Å². The first kappa shape index (κ1) is 19.5. The van der Waals surface area contributed by atoms with Gasteiger partial charge in [-0.3, -0.25) is 9.36 Å². The Labute approximate surface area is 182 Å². The number of imidazole rings is 1. The zero-order valence-corrected chi connectivity index (χ0v) is 17.6. The van der Waals surface area contributed by atoms with Crippen LogP contribution in [0.2, 0.25) is 0 Å². The first-order chi connectivity index (χ1) is 15.2. The Morgan fingerprint density at radius 3 is 2.52 bits per heavy atom. The summed E-state index contributed by atoms with van der Waals surface area (Å²) in [5.41, 5.74) is 6.52. The van der Waals surface area contributed by atoms with Crippen molar-refractivity contribution in [3.63, 3.8) is 0 Å². The Kier molecular flexibility index (Phi) is 5.26. The summed E-state index contributed by atoms with van der Waals surface area (Å²) in [4.78, 5) is 16.4. The van der Waals surface area contributed by atoms with Crippen LogP contribution in [0, 0.1) is 5.92 Å². The minimum atomic E-state index is 0.145. The number of hydrogen-bond donors (Lipinski definition) is 2. The molecule has 0 radical (unpaired) electrons. The van der Waals surface area contributed by atoms with E-state index in [1.165, 1.54) is 11.1 Å². The SMILES string of the molecule is CC(NCc1ccc(-n2cnc3ccccc32)cc1)c1ccc(NC(=O)C2CC2)cc1. The molecule has 3 aromatic carbocycles. The monoisotopic (exact) mass is 410 g/mol. The molecule has 0 spiro atoms. The molecule has 1 unspecified atom stereocenters. The molecule has 0 aliphatic heterocycles. The summed E-state index contributed by atoms with van der Waals surface area (Å²) >= 11 is 0. The van der Waals surface area contributed by atoms with Crippen LogP contribution in [0.1, 0.15) is 36.9 Å². The summed E-state index contributed by atoms with van der Waals surface area (Å²) in [6.07, 6.45) is 3.91. The molecule has 5 heteroatoms. The molecule has 5 rings (SSSR count). The molecule has 0 bridgehead atoms. The van der Waals surface area contributed by atoms with E-state index in [0.717, 1.165) is 41.8 Å². The first-order valence-corrected chi connectivity index (χ1v) is 10.8. The Morgan fingerprint density at radius 2 is 1.77 bits per heavy atom. The summed E-state index contributed by atoms with van der Waals surface area (Å²) in [6.45, 7) is 2.94. The van der Waals surface area contributed by atoms with Crippen molar-refractivity contribution in [2.75, 3.05) is 5.32 Å². The standard InChI is InChI=1S/C26H26N4O/c1-18(20-10-12-22(13-11-20)29-26(31)21-8-9-21)27-16-19-6-14-23(15-7-19)30-17-28-24-4-2-3-5-25(24)30/h2-7,10-15,17-18,21,27H,8-9,16H2,1H3,(H,29,31). The summed E-state index contributed by atoms with van der Waals surface area (Å²) in [7, 11) is 0. The lowest BCUT2D eigenvalue weighted by Gasteiger charge is -2.15. The van der Waals surface area contributed by atoms with Crippen molar-refractivity contribution in [1.29, 1.82) is 0 Å². The molecule has 156 valence electrons. The Hall–Kier alpha value is -3.44. The molecule has 1 saturated carbocycles. The summed E-state index contributed by atoms with van der Waals surface area (Å²) in [5.74, 6) is 0.366. The van der Waals surface area contributed by atoms with Gasteiger partial charge in [0.2, 0.25) is 5.91 Å². The number of anilines is 1. The van der Waals surface area contributed by atoms with Crippen LogP contribution in [0.15, 0.2) is 79.1 Å². The van der Waals surface area contributed by atoms with Crippen LogP contribution >= 0.6 is 0 Å². The number of aromatic nitrogens is 2. The topological polar surface area (TPSA) is 59.0 Å². The minimum Gasteiger partial charge on any atom is -0.326 e. The average molecular weight is 411 g/mol. The fraction of sp³-hybridized carbons (Fsp3) is 0.231. The van der Waals surface area contributed by atoms with Crippen LogP contribution < -0.4 is 10.6 Å². The van der Waals surface area contributed by atoms with Crippen LogP contribution in [0.5, 0.6) is 0 Å². The second-order valence-corrected chi connectivity index (χ2v) is 8.26. The normalized spacial score (nSPS) is 14.5. The smallest absolute Gasteiger partial charge is 0.227 e. The van der Waals surface area contributed by atoms with E-state index in [-0.39, 0.29) is 17.9 Å². The van der Waals surface area contributed by atoms with E-state index in [2.05, 4.69) is 69.6 Å². The van der Waals surface area contributed by atoms with E-state index in [9.17, 15) is 4.79 Å². The van der Waals surface area contributed by atoms with Crippen molar-refractivity contribution in [2.45, 2.75) is 32.4 Å². The highest BCUT2D eigenvalue weighted by atomic mass is 16.2. The predicted molar refractivity (Wildman–Crippen MR) is 124 cm³/mol. The number of benzene rings is 3. The highest BCUT2D eigenvalue weighted by Gasteiger charge is 2.29. The molecular formula is C26H26N4O. The van der Waals surface area contributed by atoms with E-state index < -0.39 is 0 Å². The van der Waals surface area contributed by atoms with Gasteiger partial charge < -0.3 is 10.6 Å². The van der Waals surface area contributed by atoms with Crippen molar-refractivity contribution < 1.29 is 4.79 Å². The average Bonchev–Trinajstić information content (AvgIpc) is 3.58. The number of amides is 1. The maximum atomic E-state index is 11.9. The van der Waals surface area contributed by atoms with Gasteiger partial charge in [-0.05, 0) is 67.3 Å². The fourth-order valence-corrected chi connectivity index (χ4v) is 3.77. The quantitative estimate of drug-likeness (QED) is 0.439. The Bertz CT molecular complexity index is 1190. The molecule has 0 saturated heterocycles. The Morgan fingerprint density at radius 1 is 1.03 bits per heavy atom. The highest BCUT2D eigenvalue weighted by molar-refractivity contribution is 5.94. The van der Waals surface area contributed by atoms with Gasteiger partial charge in [-0.1, -0.05) is 36.4 Å². The number of carbonyl (C=O) groups is 1. The van der Waals surface area contributed by atoms with Gasteiger partial charge in [0.15, 0.2) is 0 Å². The number of carbonyl (C=O) groups excluding carboxylic acids is 1. The highest BCUT2D eigenvalue weighted by Crippen LogP contribution is 2.30. The lowest BCUT2D eigenvalue weighted by atomic mass is 10.1. The molecule has 1 fully saturated rings. The molecular weight excluding hydrogens is 384 g/mol. The van der Waals surface area contributed by atoms with Crippen molar-refractivity contribution in [3.05, 3.63) is 90.3 Å². The van der Waals surface area contributed by atoms with Crippen molar-refractivity contribution in [2.24, 2.45) is 5.92 Å². The van der Waals surface area contributed by atoms with Gasteiger partial charge in [0.05, 0.1) is 11.0 Å². The third-order valence-electron chi connectivity index (χ3n) is 5.91. The molecule has 2 N–H and O–H groups in total. The molecule has 31 heavy (non-hydrogen) atoms. The molecule has 1 atom stereocenters. The number of rotatable bonds is 7. The van der Waals surface area contributed by atoms with Crippen molar-refractivity contribution >= 4 is 22.6 Å². The van der Waals surface area contributed by atoms with Crippen LogP contribution in [0.4, 0.5) is 5.69 Å². The van der Waals surface area contributed by atoms with Crippen LogP contribution in [-0.2, 0) is 11.3 Å². The van der Waals surface area contributed by atoms with Crippen LogP contribution in [0.3, 0.4) is 0 Å². The lowest BCUT2D eigenvalue weighted by Crippen LogP contribution is -2.18. The van der Waals surface area contributed by atoms with Gasteiger partial charge >= 0.3 is 0 Å². The van der Waals surface area contributed by atoms with E-state index in [0.29, 0.717) is 0 Å². The maximum absolute atomic E-state index is 11.9. The number of fused-ring (bicyclic) bond motifs is 1. The molecule has 4 aromatic rings. The van der Waals surface area contributed by atoms with Crippen molar-refractivity contribution in [1.82, 2.24) is 14.9 Å². The van der Waals surface area contributed by atoms with Gasteiger partial charge in [0.25, 0.3) is 0 Å². The largest absolute Gasteiger partial charge is 0.326 e. The van der Waals surface area contributed by atoms with E-state index in [4.69, 9.17) is 0 Å². The maximum Gasteiger partial charge on any atom is 0.227 e. The number of nitrogens with one attached hydrogen (secondary N) is 2. The van der Waals surface area contributed by atoms with Gasteiger partial charge in [-0.25, -0.2) is 4.98 Å². The summed E-state index contributed by atoms with van der Waals surface area (Å²) in [5, 5.41) is 6.57. The molecule has 1 aromatic heterocycles. The van der Waals surface area contributed by atoms with Gasteiger partial charge in [0.1, 0.15) is 6.33 Å². The van der Waals surface area contributed by atoms with Gasteiger partial charge in [0, 0.05) is 29.9 Å². The fourth-order valence-electron chi connectivity index (χ4n) is 3.77. The summed E-state index contributed by atoms with van der Waals surface area (Å²) in [6, 6.07) is 25.1. The second-order valence-electron chi connectivity index (χ2n) is 8.26. The van der Waals surface area contributed by atoms with Crippen LogP contribution in [-0.4, -0.2) is 15.5 Å². The Balaban J connectivity index is 1.19.